The van der Waals surface area contributed by atoms with Crippen molar-refractivity contribution >= 4 is 53.4 Å². The number of hydrogen-bond acceptors (Lipinski definition) is 6. The number of aromatic amines is 1. The van der Waals surface area contributed by atoms with E-state index >= 15 is 0 Å². The van der Waals surface area contributed by atoms with E-state index in [0.29, 0.717) is 17.4 Å². The van der Waals surface area contributed by atoms with E-state index in [1.165, 1.54) is 0 Å². The summed E-state index contributed by atoms with van der Waals surface area (Å²) in [5, 5.41) is 9.69. The number of nitrogens with zero attached hydrogens (tertiary/aromatic N) is 3. The highest BCUT2D eigenvalue weighted by Crippen LogP contribution is 2.22. The van der Waals surface area contributed by atoms with E-state index < -0.39 is 0 Å². The van der Waals surface area contributed by atoms with Gasteiger partial charge in [-0.3, -0.25) is 0 Å². The largest absolute Gasteiger partial charge is 0.350 e. The van der Waals surface area contributed by atoms with Gasteiger partial charge in [0.15, 0.2) is 11.5 Å². The van der Waals surface area contributed by atoms with E-state index in [1.54, 1.807) is 6.33 Å². The highest BCUT2D eigenvalue weighted by Gasteiger charge is 2.11. The summed E-state index contributed by atoms with van der Waals surface area (Å²) in [7, 11) is 1.92. The minimum absolute atomic E-state index is 0. The Morgan fingerprint density at radius 3 is 2.58 bits per heavy atom. The molecule has 7 nitrogen and oxygen atoms in total. The Morgan fingerprint density at radius 2 is 1.88 bits per heavy atom. The topological polar surface area (TPSA) is 90.6 Å². The van der Waals surface area contributed by atoms with Crippen LogP contribution in [0.15, 0.2) is 36.7 Å². The average Bonchev–Trinajstić information content (AvgIpc) is 2.97. The Labute approximate surface area is 152 Å². The smallest absolute Gasteiger partial charge is 0.227 e. The molecular weight excluding hydrogens is 349 g/mol. The normalized spacial score (nSPS) is 11.2. The molecule has 0 radical (unpaired) electrons. The lowest BCUT2D eigenvalue weighted by atomic mass is 10.3. The van der Waals surface area contributed by atoms with Crippen molar-refractivity contribution in [1.82, 2.24) is 25.3 Å². The molecule has 0 aliphatic carbocycles. The van der Waals surface area contributed by atoms with Crippen LogP contribution in [0.4, 0.5) is 17.5 Å². The maximum Gasteiger partial charge on any atom is 0.227 e. The summed E-state index contributed by atoms with van der Waals surface area (Å²) >= 11 is 0. The molecule has 0 amide bonds. The van der Waals surface area contributed by atoms with Gasteiger partial charge in [0.2, 0.25) is 5.95 Å². The Morgan fingerprint density at radius 1 is 1.12 bits per heavy atom. The fourth-order valence-electron chi connectivity index (χ4n) is 2.22. The first kappa shape index (κ1) is 20.0. The quantitative estimate of drug-likeness (QED) is 0.533. The SMILES string of the molecule is CNCC(C)Nc1nc(Nc2ccccc2)c2[nH]cnc2n1.Cl.Cl. The molecule has 0 saturated heterocycles. The number of fused-ring (bicyclic) bond motifs is 1. The molecule has 0 fully saturated rings. The second-order valence-electron chi connectivity index (χ2n) is 5.09. The van der Waals surface area contributed by atoms with Gasteiger partial charge in [-0.15, -0.1) is 24.8 Å². The summed E-state index contributed by atoms with van der Waals surface area (Å²) in [5.41, 5.74) is 2.38. The Kier molecular flexibility index (Phi) is 7.70. The van der Waals surface area contributed by atoms with Crippen molar-refractivity contribution < 1.29 is 0 Å². The van der Waals surface area contributed by atoms with Gasteiger partial charge in [0.25, 0.3) is 0 Å². The molecule has 3 aromatic rings. The number of hydrogen-bond donors (Lipinski definition) is 4. The standard InChI is InChI=1S/C15H19N7.2ClH/c1-10(8-16-2)19-15-21-13-12(17-9-18-13)14(22-15)20-11-6-4-3-5-7-11;;/h3-7,9-10,16H,8H2,1-2H3,(H3,17,18,19,20,21,22);2*1H. The van der Waals surface area contributed by atoms with Crippen molar-refractivity contribution in [3.05, 3.63) is 36.7 Å². The van der Waals surface area contributed by atoms with Crippen molar-refractivity contribution in [2.24, 2.45) is 0 Å². The lowest BCUT2D eigenvalue weighted by Crippen LogP contribution is -2.28. The lowest BCUT2D eigenvalue weighted by Gasteiger charge is -2.14. The van der Waals surface area contributed by atoms with Gasteiger partial charge in [-0.1, -0.05) is 18.2 Å². The van der Waals surface area contributed by atoms with Gasteiger partial charge >= 0.3 is 0 Å². The summed E-state index contributed by atoms with van der Waals surface area (Å²) in [5.74, 6) is 1.26. The molecule has 2 aromatic heterocycles. The molecule has 24 heavy (non-hydrogen) atoms. The lowest BCUT2D eigenvalue weighted by molar-refractivity contribution is 0.695. The number of H-pyrrole nitrogens is 1. The fraction of sp³-hybridized carbons (Fsp3) is 0.267. The molecule has 0 bridgehead atoms. The number of rotatable bonds is 6. The van der Waals surface area contributed by atoms with Crippen LogP contribution >= 0.6 is 24.8 Å². The predicted molar refractivity (Wildman–Crippen MR) is 103 cm³/mol. The molecule has 0 aliphatic heterocycles. The first-order valence-corrected chi connectivity index (χ1v) is 7.20. The zero-order valence-electron chi connectivity index (χ0n) is 13.4. The van der Waals surface area contributed by atoms with E-state index in [4.69, 9.17) is 0 Å². The molecule has 130 valence electrons. The number of likely N-dealkylation sites (N-methyl/N-ethyl adjacent to an activating group) is 1. The third-order valence-electron chi connectivity index (χ3n) is 3.21. The van der Waals surface area contributed by atoms with Crippen molar-refractivity contribution in [1.29, 1.82) is 0 Å². The van der Waals surface area contributed by atoms with E-state index in [-0.39, 0.29) is 30.9 Å². The summed E-state index contributed by atoms with van der Waals surface area (Å²) in [4.78, 5) is 16.3. The number of halogens is 2. The Hall–Kier alpha value is -2.09. The van der Waals surface area contributed by atoms with Gasteiger partial charge in [0.05, 0.1) is 6.33 Å². The van der Waals surface area contributed by atoms with Gasteiger partial charge in [-0.25, -0.2) is 4.98 Å². The molecular formula is C15H21Cl2N7. The molecule has 0 aliphatic rings. The van der Waals surface area contributed by atoms with Crippen LogP contribution in [0.2, 0.25) is 0 Å². The summed E-state index contributed by atoms with van der Waals surface area (Å²) in [6.07, 6.45) is 1.62. The van der Waals surface area contributed by atoms with Gasteiger partial charge in [-0.05, 0) is 26.1 Å². The highest BCUT2D eigenvalue weighted by molar-refractivity contribution is 5.86. The predicted octanol–water partition coefficient (Wildman–Crippen LogP) is 2.96. The van der Waals surface area contributed by atoms with Crippen LogP contribution in [0, 0.1) is 0 Å². The van der Waals surface area contributed by atoms with Crippen LogP contribution in [0.25, 0.3) is 11.2 Å². The number of aromatic nitrogens is 4. The molecule has 4 N–H and O–H groups in total. The van der Waals surface area contributed by atoms with Crippen LogP contribution in [0.5, 0.6) is 0 Å². The van der Waals surface area contributed by atoms with E-state index in [0.717, 1.165) is 17.7 Å². The van der Waals surface area contributed by atoms with Crippen LogP contribution in [0.3, 0.4) is 0 Å². The maximum atomic E-state index is 4.56. The molecule has 0 spiro atoms. The third kappa shape index (κ3) is 4.70. The molecule has 1 atom stereocenters. The Balaban J connectivity index is 0.00000144. The van der Waals surface area contributed by atoms with Crippen molar-refractivity contribution in [3.8, 4) is 0 Å². The highest BCUT2D eigenvalue weighted by atomic mass is 35.5. The molecule has 9 heteroatoms. The van der Waals surface area contributed by atoms with E-state index in [1.807, 2.05) is 37.4 Å². The van der Waals surface area contributed by atoms with E-state index in [9.17, 15) is 0 Å². The second kappa shape index (κ2) is 9.27. The number of para-hydroxylation sites is 1. The van der Waals surface area contributed by atoms with Gasteiger partial charge in [0.1, 0.15) is 5.52 Å². The first-order valence-electron chi connectivity index (χ1n) is 7.20. The summed E-state index contributed by atoms with van der Waals surface area (Å²) in [6, 6.07) is 10.1. The Bertz CT molecular complexity index is 748. The molecule has 1 unspecified atom stereocenters. The van der Waals surface area contributed by atoms with Crippen LogP contribution in [-0.4, -0.2) is 39.6 Å². The second-order valence-corrected chi connectivity index (χ2v) is 5.09. The monoisotopic (exact) mass is 369 g/mol. The minimum atomic E-state index is 0. The number of anilines is 3. The molecule has 1 aromatic carbocycles. The van der Waals surface area contributed by atoms with Gasteiger partial charge < -0.3 is 20.9 Å². The van der Waals surface area contributed by atoms with Crippen molar-refractivity contribution in [2.75, 3.05) is 24.2 Å². The number of nitrogens with one attached hydrogen (secondary N) is 4. The molecule has 0 saturated carbocycles. The zero-order chi connectivity index (χ0) is 15.4. The van der Waals surface area contributed by atoms with Crippen molar-refractivity contribution in [3.63, 3.8) is 0 Å². The maximum absolute atomic E-state index is 4.56. The molecule has 2 heterocycles. The van der Waals surface area contributed by atoms with Crippen LogP contribution < -0.4 is 16.0 Å². The third-order valence-corrected chi connectivity index (χ3v) is 3.21. The van der Waals surface area contributed by atoms with Gasteiger partial charge in [0, 0.05) is 18.3 Å². The summed E-state index contributed by atoms with van der Waals surface area (Å²) < 4.78 is 0. The van der Waals surface area contributed by atoms with Crippen LogP contribution in [0.1, 0.15) is 6.92 Å². The summed E-state index contributed by atoms with van der Waals surface area (Å²) in [6.45, 7) is 2.89. The fourth-order valence-corrected chi connectivity index (χ4v) is 2.22. The minimum Gasteiger partial charge on any atom is -0.350 e. The first-order chi connectivity index (χ1) is 10.8. The molecule has 3 rings (SSSR count). The average molecular weight is 370 g/mol. The zero-order valence-corrected chi connectivity index (χ0v) is 15.0. The van der Waals surface area contributed by atoms with Crippen molar-refractivity contribution in [2.45, 2.75) is 13.0 Å². The van der Waals surface area contributed by atoms with Gasteiger partial charge in [-0.2, -0.15) is 9.97 Å². The number of imidazole rings is 1. The van der Waals surface area contributed by atoms with E-state index in [2.05, 4.69) is 42.8 Å². The number of benzene rings is 1. The van der Waals surface area contributed by atoms with Crippen LogP contribution in [-0.2, 0) is 0 Å².